The molecule has 0 saturated heterocycles. The molecule has 0 fully saturated rings. The van der Waals surface area contributed by atoms with Gasteiger partial charge in [-0.25, -0.2) is 14.6 Å². The van der Waals surface area contributed by atoms with Crippen molar-refractivity contribution >= 4 is 27.7 Å². The highest BCUT2D eigenvalue weighted by molar-refractivity contribution is 8.22. The van der Waals surface area contributed by atoms with Gasteiger partial charge in [0.05, 0.1) is 18.6 Å². The predicted molar refractivity (Wildman–Crippen MR) is 181 cm³/mol. The number of hydrogen-bond acceptors (Lipinski definition) is 9. The Balaban J connectivity index is 1.37. The lowest BCUT2D eigenvalue weighted by Crippen LogP contribution is -2.34. The maximum absolute atomic E-state index is 13.5. The predicted octanol–water partition coefficient (Wildman–Crippen LogP) is 5.73. The largest absolute Gasteiger partial charge is 0.472 e. The molecule has 0 saturated carbocycles. The third-order valence-electron chi connectivity index (χ3n) is 9.07. The van der Waals surface area contributed by atoms with Crippen molar-refractivity contribution in [3.05, 3.63) is 94.7 Å². The van der Waals surface area contributed by atoms with Gasteiger partial charge in [0, 0.05) is 51.1 Å². The molecule has 6 rings (SSSR count). The van der Waals surface area contributed by atoms with Crippen molar-refractivity contribution in [2.24, 2.45) is 7.05 Å². The summed E-state index contributed by atoms with van der Waals surface area (Å²) in [6.45, 7) is 9.71. The lowest BCUT2D eigenvalue weighted by atomic mass is 9.84. The summed E-state index contributed by atoms with van der Waals surface area (Å²) >= 11 is 0. The topological polar surface area (TPSA) is 143 Å². The van der Waals surface area contributed by atoms with Gasteiger partial charge in [-0.05, 0) is 73.2 Å². The summed E-state index contributed by atoms with van der Waals surface area (Å²) in [5.74, 6) is 0.623. The molecule has 1 aliphatic rings. The van der Waals surface area contributed by atoms with E-state index in [2.05, 4.69) is 43.8 Å². The van der Waals surface area contributed by atoms with Crippen molar-refractivity contribution in [3.63, 3.8) is 0 Å². The quantitative estimate of drug-likeness (QED) is 0.171. The fourth-order valence-electron chi connectivity index (χ4n) is 6.18. The Labute approximate surface area is 276 Å². The normalized spacial score (nSPS) is 17.5. The van der Waals surface area contributed by atoms with Gasteiger partial charge in [0.15, 0.2) is 0 Å². The van der Waals surface area contributed by atoms with Crippen LogP contribution in [0.1, 0.15) is 66.2 Å². The summed E-state index contributed by atoms with van der Waals surface area (Å²) < 4.78 is 34.7. The van der Waals surface area contributed by atoms with Gasteiger partial charge < -0.3 is 14.6 Å². The van der Waals surface area contributed by atoms with Crippen LogP contribution in [0.3, 0.4) is 0 Å². The van der Waals surface area contributed by atoms with Gasteiger partial charge >= 0.3 is 0 Å². The fourth-order valence-corrected chi connectivity index (χ4v) is 7.74. The molecular formula is C34H42N8O4S. The molecular weight excluding hydrogens is 616 g/mol. The van der Waals surface area contributed by atoms with Crippen molar-refractivity contribution in [1.82, 2.24) is 39.2 Å². The lowest BCUT2D eigenvalue weighted by molar-refractivity contribution is -0.121. The Morgan fingerprint density at radius 1 is 1.13 bits per heavy atom. The highest BCUT2D eigenvalue weighted by Gasteiger charge is 2.36. The van der Waals surface area contributed by atoms with E-state index in [0.29, 0.717) is 26.1 Å². The second kappa shape index (κ2) is 13.4. The van der Waals surface area contributed by atoms with E-state index in [9.17, 15) is 13.9 Å². The van der Waals surface area contributed by atoms with Gasteiger partial charge in [-0.2, -0.15) is 4.31 Å². The molecule has 0 aliphatic carbocycles. The summed E-state index contributed by atoms with van der Waals surface area (Å²) in [6, 6.07) is 13.6. The summed E-state index contributed by atoms with van der Waals surface area (Å²) in [5.41, 5.74) is 6.60. The number of fused-ring (bicyclic) bond motifs is 2. The number of amides is 1. The van der Waals surface area contributed by atoms with E-state index in [-0.39, 0.29) is 41.7 Å². The van der Waals surface area contributed by atoms with Crippen molar-refractivity contribution in [1.29, 1.82) is 0 Å². The lowest BCUT2D eigenvalue weighted by Gasteiger charge is -2.41. The molecule has 1 aliphatic heterocycles. The molecule has 2 aromatic carbocycles. The monoisotopic (exact) mass is 658 g/mol. The van der Waals surface area contributed by atoms with Crippen LogP contribution in [0.15, 0.2) is 66.0 Å². The number of nitrogens with zero attached hydrogens (tertiary/aromatic N) is 7. The molecule has 12 nitrogen and oxygen atoms in total. The van der Waals surface area contributed by atoms with E-state index in [1.165, 1.54) is 0 Å². The third-order valence-corrected chi connectivity index (χ3v) is 11.0. The van der Waals surface area contributed by atoms with Crippen LogP contribution in [0.2, 0.25) is 0 Å². The number of imidazole rings is 1. The minimum atomic E-state index is -3.39. The maximum Gasteiger partial charge on any atom is 0.239 e. The first kappa shape index (κ1) is 32.6. The number of aromatic nitrogens is 6. The first-order valence-electron chi connectivity index (χ1n) is 15.9. The van der Waals surface area contributed by atoms with Crippen molar-refractivity contribution in [2.45, 2.75) is 77.1 Å². The zero-order chi connectivity index (χ0) is 33.3. The van der Waals surface area contributed by atoms with Gasteiger partial charge in [-0.3, -0.25) is 13.9 Å². The minimum Gasteiger partial charge on any atom is -0.472 e. The molecule has 2 unspecified atom stereocenters. The highest BCUT2D eigenvalue weighted by Crippen LogP contribution is 2.57. The second-order valence-corrected chi connectivity index (χ2v) is 14.0. The zero-order valence-electron chi connectivity index (χ0n) is 27.4. The Morgan fingerprint density at radius 3 is 2.70 bits per heavy atom. The SMILES string of the molecule is CCC1CN(Cc2cc(C(CC(=O)NCc3nccn3C)c3ccc4c(nnn4CC)c3C)ccc2C)S(O)(O)c2cccnc2O1. The second-order valence-electron chi connectivity index (χ2n) is 12.0. The van der Waals surface area contributed by atoms with E-state index in [4.69, 9.17) is 4.74 Å². The van der Waals surface area contributed by atoms with E-state index >= 15 is 0 Å². The molecule has 3 N–H and O–H groups in total. The van der Waals surface area contributed by atoms with Gasteiger partial charge in [0.25, 0.3) is 0 Å². The maximum atomic E-state index is 13.5. The van der Waals surface area contributed by atoms with Crippen LogP contribution in [0, 0.1) is 13.8 Å². The number of carbonyl (C=O) groups is 1. The standard InChI is InChI=1S/C34H42N8O4S/c1-6-26-21-41(47(44,45)30-9-8-14-36-34(30)46-26)20-25-17-24(11-10-22(25)3)28(18-32(43)37-19-31-35-15-16-40(31)5)27-12-13-29-33(23(27)4)38-39-42(29)7-2/h8-17,26,28,44-45H,6-7,18-21H2,1-5H3,(H,37,43). The number of pyridine rings is 1. The van der Waals surface area contributed by atoms with Gasteiger partial charge in [0.1, 0.15) is 22.3 Å². The Hall–Kier alpha value is -4.30. The Morgan fingerprint density at radius 2 is 1.96 bits per heavy atom. The van der Waals surface area contributed by atoms with E-state index in [0.717, 1.165) is 44.7 Å². The number of ether oxygens (including phenoxy) is 1. The first-order chi connectivity index (χ1) is 22.6. The van der Waals surface area contributed by atoms with Crippen LogP contribution in [-0.4, -0.2) is 61.5 Å². The van der Waals surface area contributed by atoms with Crippen LogP contribution in [0.25, 0.3) is 11.0 Å². The number of rotatable bonds is 10. The molecule has 0 radical (unpaired) electrons. The molecule has 47 heavy (non-hydrogen) atoms. The number of benzene rings is 2. The summed E-state index contributed by atoms with van der Waals surface area (Å²) in [4.78, 5) is 22.5. The van der Waals surface area contributed by atoms with E-state index < -0.39 is 10.8 Å². The average Bonchev–Trinajstić information content (AvgIpc) is 3.66. The third kappa shape index (κ3) is 6.48. The molecule has 1 amide bonds. The van der Waals surface area contributed by atoms with Crippen molar-refractivity contribution in [2.75, 3.05) is 6.54 Å². The molecule has 13 heteroatoms. The minimum absolute atomic E-state index is 0.106. The number of aryl methyl sites for hydroxylation is 4. The first-order valence-corrected chi connectivity index (χ1v) is 17.4. The van der Waals surface area contributed by atoms with Crippen LogP contribution < -0.4 is 10.1 Å². The summed E-state index contributed by atoms with van der Waals surface area (Å²) in [5, 5.41) is 11.9. The van der Waals surface area contributed by atoms with E-state index in [1.54, 1.807) is 28.8 Å². The fraction of sp³-hybridized carbons (Fsp3) is 0.382. The van der Waals surface area contributed by atoms with Crippen LogP contribution in [0.5, 0.6) is 5.88 Å². The number of hydrogen-bond donors (Lipinski definition) is 3. The number of nitrogens with one attached hydrogen (secondary N) is 1. The molecule has 2 atom stereocenters. The van der Waals surface area contributed by atoms with Crippen LogP contribution in [0.4, 0.5) is 0 Å². The van der Waals surface area contributed by atoms with Gasteiger partial charge in [0.2, 0.25) is 11.8 Å². The summed E-state index contributed by atoms with van der Waals surface area (Å²) in [7, 11) is -1.49. The smallest absolute Gasteiger partial charge is 0.239 e. The van der Waals surface area contributed by atoms with Crippen LogP contribution in [-0.2, 0) is 31.5 Å². The van der Waals surface area contributed by atoms with Crippen molar-refractivity contribution in [3.8, 4) is 5.88 Å². The Kier molecular flexibility index (Phi) is 9.33. The summed E-state index contributed by atoms with van der Waals surface area (Å²) in [6.07, 6.45) is 5.78. The zero-order valence-corrected chi connectivity index (χ0v) is 28.2. The molecule has 3 aromatic heterocycles. The molecule has 5 aromatic rings. The van der Waals surface area contributed by atoms with Crippen molar-refractivity contribution < 1.29 is 18.6 Å². The number of carbonyl (C=O) groups excluding carboxylic acids is 1. The Bertz CT molecular complexity index is 1900. The van der Waals surface area contributed by atoms with Crippen LogP contribution >= 0.6 is 10.8 Å². The molecule has 4 heterocycles. The van der Waals surface area contributed by atoms with Gasteiger partial charge in [-0.15, -0.1) is 15.9 Å². The average molecular weight is 659 g/mol. The molecule has 0 spiro atoms. The highest BCUT2D eigenvalue weighted by atomic mass is 32.3. The van der Waals surface area contributed by atoms with E-state index in [1.807, 2.05) is 62.3 Å². The molecule has 248 valence electrons. The molecule has 0 bridgehead atoms. The van der Waals surface area contributed by atoms with Gasteiger partial charge in [-0.1, -0.05) is 36.4 Å².